The lowest BCUT2D eigenvalue weighted by Gasteiger charge is -2.15. The number of benzene rings is 2. The van der Waals surface area contributed by atoms with E-state index in [1.807, 2.05) is 6.20 Å². The molecule has 4 aromatic rings. The predicted octanol–water partition coefficient (Wildman–Crippen LogP) is 6.32. The van der Waals surface area contributed by atoms with Crippen LogP contribution < -0.4 is 5.19 Å². The summed E-state index contributed by atoms with van der Waals surface area (Å²) in [6.45, 7) is 11.5. The number of hydrogen-bond donors (Lipinski definition) is 0. The summed E-state index contributed by atoms with van der Waals surface area (Å²) in [6.07, 6.45) is 1.98. The minimum Gasteiger partial charge on any atom is -0.455 e. The molecule has 0 unspecified atom stereocenters. The number of aromatic nitrogens is 1. The van der Waals surface area contributed by atoms with E-state index >= 15 is 0 Å². The van der Waals surface area contributed by atoms with Crippen molar-refractivity contribution in [3.05, 3.63) is 60.3 Å². The first-order valence-electron chi connectivity index (χ1n) is 9.26. The van der Waals surface area contributed by atoms with Crippen molar-refractivity contribution in [3.8, 4) is 11.3 Å². The fraction of sp³-hybridized carbons (Fsp3) is 0.261. The molecule has 2 aromatic heterocycles. The molecule has 132 valence electrons. The van der Waals surface area contributed by atoms with E-state index in [1.54, 1.807) is 0 Å². The molecule has 0 amide bonds. The lowest BCUT2D eigenvalue weighted by Crippen LogP contribution is -2.37. The molecular formula is C23H25NOSi. The van der Waals surface area contributed by atoms with Crippen molar-refractivity contribution in [2.45, 2.75) is 39.4 Å². The van der Waals surface area contributed by atoms with Crippen LogP contribution in [0.1, 0.15) is 25.3 Å². The molecule has 2 aromatic carbocycles. The van der Waals surface area contributed by atoms with Crippen LogP contribution in [0.25, 0.3) is 33.2 Å². The molecule has 0 fully saturated rings. The summed E-state index contributed by atoms with van der Waals surface area (Å²) in [5, 5.41) is 3.77. The molecule has 3 heteroatoms. The normalized spacial score (nSPS) is 12.4. The minimum atomic E-state index is -1.37. The van der Waals surface area contributed by atoms with Crippen LogP contribution in [-0.2, 0) is 0 Å². The Hall–Kier alpha value is -2.39. The van der Waals surface area contributed by atoms with Gasteiger partial charge < -0.3 is 4.42 Å². The van der Waals surface area contributed by atoms with E-state index in [0.29, 0.717) is 5.92 Å². The third-order valence-electron chi connectivity index (χ3n) is 5.09. The molecule has 26 heavy (non-hydrogen) atoms. The lowest BCUT2D eigenvalue weighted by molar-refractivity contribution is 0.670. The number of rotatable bonds is 3. The molecule has 0 aliphatic heterocycles. The van der Waals surface area contributed by atoms with Gasteiger partial charge in [0.2, 0.25) is 0 Å². The van der Waals surface area contributed by atoms with Crippen molar-refractivity contribution in [2.24, 2.45) is 0 Å². The highest BCUT2D eigenvalue weighted by Gasteiger charge is 2.19. The number of hydrogen-bond acceptors (Lipinski definition) is 2. The van der Waals surface area contributed by atoms with Crippen LogP contribution in [0.4, 0.5) is 0 Å². The zero-order valence-corrected chi connectivity index (χ0v) is 17.1. The molecule has 0 radical (unpaired) electrons. The maximum atomic E-state index is 6.33. The van der Waals surface area contributed by atoms with Crippen LogP contribution in [-0.4, -0.2) is 13.1 Å². The standard InChI is InChI=1S/C23H25NOSi/c1-15(2)16-9-12-21(24-14-16)20-8-6-7-19-18-11-10-17(26(3,4)5)13-22(18)25-23(19)20/h6-15H,1-5H3. The van der Waals surface area contributed by atoms with Crippen molar-refractivity contribution in [1.82, 2.24) is 4.98 Å². The first kappa shape index (κ1) is 17.0. The van der Waals surface area contributed by atoms with Crippen LogP contribution in [0.3, 0.4) is 0 Å². The average molecular weight is 360 g/mol. The first-order valence-corrected chi connectivity index (χ1v) is 12.8. The second kappa shape index (κ2) is 6.10. The van der Waals surface area contributed by atoms with Crippen molar-refractivity contribution in [1.29, 1.82) is 0 Å². The average Bonchev–Trinajstić information content (AvgIpc) is 2.99. The van der Waals surface area contributed by atoms with Gasteiger partial charge in [0.1, 0.15) is 11.2 Å². The largest absolute Gasteiger partial charge is 0.455 e. The number of fused-ring (bicyclic) bond motifs is 3. The van der Waals surface area contributed by atoms with E-state index in [9.17, 15) is 0 Å². The maximum Gasteiger partial charge on any atom is 0.144 e. The maximum absolute atomic E-state index is 6.33. The van der Waals surface area contributed by atoms with Crippen LogP contribution >= 0.6 is 0 Å². The number of furan rings is 1. The van der Waals surface area contributed by atoms with Crippen LogP contribution in [0.5, 0.6) is 0 Å². The van der Waals surface area contributed by atoms with Gasteiger partial charge in [-0.05, 0) is 29.7 Å². The van der Waals surface area contributed by atoms with E-state index < -0.39 is 8.07 Å². The van der Waals surface area contributed by atoms with E-state index in [1.165, 1.54) is 16.1 Å². The number of para-hydroxylation sites is 1. The smallest absolute Gasteiger partial charge is 0.144 e. The highest BCUT2D eigenvalue weighted by Crippen LogP contribution is 2.35. The second-order valence-corrected chi connectivity index (χ2v) is 13.5. The van der Waals surface area contributed by atoms with Gasteiger partial charge in [0.15, 0.2) is 0 Å². The zero-order chi connectivity index (χ0) is 18.5. The highest BCUT2D eigenvalue weighted by atomic mass is 28.3. The lowest BCUT2D eigenvalue weighted by atomic mass is 10.0. The Bertz CT molecular complexity index is 1090. The highest BCUT2D eigenvalue weighted by molar-refractivity contribution is 6.88. The summed E-state index contributed by atoms with van der Waals surface area (Å²) < 4.78 is 6.33. The van der Waals surface area contributed by atoms with Gasteiger partial charge in [0.25, 0.3) is 0 Å². The van der Waals surface area contributed by atoms with Gasteiger partial charge in [0, 0.05) is 22.5 Å². The number of nitrogens with zero attached hydrogens (tertiary/aromatic N) is 1. The molecular weight excluding hydrogens is 334 g/mol. The van der Waals surface area contributed by atoms with Crippen molar-refractivity contribution >= 4 is 35.2 Å². The Labute approximate surface area is 155 Å². The molecule has 0 aliphatic rings. The van der Waals surface area contributed by atoms with Gasteiger partial charge in [-0.3, -0.25) is 4.98 Å². The summed E-state index contributed by atoms with van der Waals surface area (Å²) in [6, 6.07) is 17.3. The predicted molar refractivity (Wildman–Crippen MR) is 114 cm³/mol. The van der Waals surface area contributed by atoms with E-state index in [-0.39, 0.29) is 0 Å². The summed E-state index contributed by atoms with van der Waals surface area (Å²) in [5.41, 5.74) is 5.18. The van der Waals surface area contributed by atoms with Crippen LogP contribution in [0, 0.1) is 0 Å². The van der Waals surface area contributed by atoms with Crippen molar-refractivity contribution < 1.29 is 4.42 Å². The fourth-order valence-electron chi connectivity index (χ4n) is 3.37. The molecule has 2 nitrogen and oxygen atoms in total. The topological polar surface area (TPSA) is 26.0 Å². The summed E-state index contributed by atoms with van der Waals surface area (Å²) in [4.78, 5) is 4.69. The number of pyridine rings is 1. The molecule has 2 heterocycles. The van der Waals surface area contributed by atoms with E-state index in [4.69, 9.17) is 9.40 Å². The van der Waals surface area contributed by atoms with Gasteiger partial charge in [-0.15, -0.1) is 0 Å². The van der Waals surface area contributed by atoms with Crippen LogP contribution in [0.2, 0.25) is 19.6 Å². The molecule has 0 saturated carbocycles. The van der Waals surface area contributed by atoms with Crippen molar-refractivity contribution in [2.75, 3.05) is 0 Å². The Balaban J connectivity index is 1.91. The first-order chi connectivity index (χ1) is 12.3. The SMILES string of the molecule is CC(C)c1ccc(-c2cccc3c2oc2cc([Si](C)(C)C)ccc23)nc1. The summed E-state index contributed by atoms with van der Waals surface area (Å²) >= 11 is 0. The van der Waals surface area contributed by atoms with Gasteiger partial charge in [-0.1, -0.05) is 69.0 Å². The third kappa shape index (κ3) is 2.86. The molecule has 0 bridgehead atoms. The Morgan fingerprint density at radius 2 is 1.73 bits per heavy atom. The molecule has 0 atom stereocenters. The molecule has 0 saturated heterocycles. The molecule has 0 spiro atoms. The third-order valence-corrected chi connectivity index (χ3v) is 7.14. The van der Waals surface area contributed by atoms with Gasteiger partial charge >= 0.3 is 0 Å². The second-order valence-electron chi connectivity index (χ2n) is 8.38. The monoisotopic (exact) mass is 359 g/mol. The molecule has 4 rings (SSSR count). The summed E-state index contributed by atoms with van der Waals surface area (Å²) in [5.74, 6) is 0.485. The molecule has 0 N–H and O–H groups in total. The zero-order valence-electron chi connectivity index (χ0n) is 16.1. The minimum absolute atomic E-state index is 0.485. The van der Waals surface area contributed by atoms with Gasteiger partial charge in [-0.2, -0.15) is 0 Å². The molecule has 0 aliphatic carbocycles. The Kier molecular flexibility index (Phi) is 4.00. The Morgan fingerprint density at radius 3 is 2.38 bits per heavy atom. The van der Waals surface area contributed by atoms with E-state index in [2.05, 4.69) is 82.0 Å². The van der Waals surface area contributed by atoms with Crippen molar-refractivity contribution in [3.63, 3.8) is 0 Å². The van der Waals surface area contributed by atoms with E-state index in [0.717, 1.165) is 27.8 Å². The van der Waals surface area contributed by atoms with Gasteiger partial charge in [-0.25, -0.2) is 0 Å². The quantitative estimate of drug-likeness (QED) is 0.400. The fourth-order valence-corrected chi connectivity index (χ4v) is 4.52. The van der Waals surface area contributed by atoms with Crippen LogP contribution in [0.15, 0.2) is 59.1 Å². The van der Waals surface area contributed by atoms with Gasteiger partial charge in [0.05, 0.1) is 13.8 Å². The Morgan fingerprint density at radius 1 is 0.923 bits per heavy atom. The summed E-state index contributed by atoms with van der Waals surface area (Å²) in [7, 11) is -1.37.